The zero-order valence-electron chi connectivity index (χ0n) is 13.1. The van der Waals surface area contributed by atoms with E-state index in [2.05, 4.69) is 21.9 Å². The Bertz CT molecular complexity index is 606. The van der Waals surface area contributed by atoms with E-state index in [4.69, 9.17) is 0 Å². The van der Waals surface area contributed by atoms with E-state index in [-0.39, 0.29) is 17.9 Å². The lowest BCUT2D eigenvalue weighted by Gasteiger charge is -2.35. The Labute approximate surface area is 135 Å². The van der Waals surface area contributed by atoms with Crippen LogP contribution in [0.15, 0.2) is 25.0 Å². The van der Waals surface area contributed by atoms with Crippen LogP contribution in [0.4, 0.5) is 5.82 Å². The molecule has 1 saturated heterocycles. The van der Waals surface area contributed by atoms with E-state index in [1.807, 2.05) is 4.90 Å². The molecule has 122 valence electrons. The predicted octanol–water partition coefficient (Wildman–Crippen LogP) is 0.593. The van der Waals surface area contributed by atoms with Crippen LogP contribution in [0.3, 0.4) is 0 Å². The van der Waals surface area contributed by atoms with Crippen LogP contribution in [-0.2, 0) is 4.79 Å². The fourth-order valence-electron chi connectivity index (χ4n) is 2.80. The van der Waals surface area contributed by atoms with E-state index in [0.29, 0.717) is 37.7 Å². The third-order valence-corrected chi connectivity index (χ3v) is 4.40. The first-order valence-corrected chi connectivity index (χ1v) is 7.97. The lowest BCUT2D eigenvalue weighted by Crippen LogP contribution is -2.49. The highest BCUT2D eigenvalue weighted by Gasteiger charge is 2.27. The SMILES string of the molecule is C=CC(=O)N1CCN(c2nccnc2C(=O)NC2CCC2)CC1. The van der Waals surface area contributed by atoms with Gasteiger partial charge in [-0.25, -0.2) is 9.97 Å². The van der Waals surface area contributed by atoms with Crippen molar-refractivity contribution in [3.8, 4) is 0 Å². The van der Waals surface area contributed by atoms with Gasteiger partial charge in [-0.3, -0.25) is 9.59 Å². The molecule has 1 aliphatic heterocycles. The molecule has 0 aromatic carbocycles. The lowest BCUT2D eigenvalue weighted by molar-refractivity contribution is -0.126. The summed E-state index contributed by atoms with van der Waals surface area (Å²) in [5, 5.41) is 3.00. The summed E-state index contributed by atoms with van der Waals surface area (Å²) >= 11 is 0. The number of hydrogen-bond donors (Lipinski definition) is 1. The van der Waals surface area contributed by atoms with E-state index in [1.54, 1.807) is 11.1 Å². The molecule has 23 heavy (non-hydrogen) atoms. The first kappa shape index (κ1) is 15.5. The third kappa shape index (κ3) is 3.33. The van der Waals surface area contributed by atoms with Crippen LogP contribution >= 0.6 is 0 Å². The van der Waals surface area contributed by atoms with E-state index in [9.17, 15) is 9.59 Å². The molecule has 2 aliphatic rings. The van der Waals surface area contributed by atoms with Gasteiger partial charge in [0.25, 0.3) is 5.91 Å². The van der Waals surface area contributed by atoms with E-state index in [0.717, 1.165) is 19.3 Å². The van der Waals surface area contributed by atoms with Crippen molar-refractivity contribution in [1.29, 1.82) is 0 Å². The number of nitrogens with one attached hydrogen (secondary N) is 1. The molecule has 1 saturated carbocycles. The maximum absolute atomic E-state index is 12.4. The summed E-state index contributed by atoms with van der Waals surface area (Å²) in [6.07, 6.45) is 7.69. The maximum atomic E-state index is 12.4. The standard InChI is InChI=1S/C16H21N5O2/c1-2-13(22)20-8-10-21(11-9-20)15-14(17-6-7-18-15)16(23)19-12-4-3-5-12/h2,6-7,12H,1,3-5,8-11H2,(H,19,23). The molecule has 0 atom stereocenters. The van der Waals surface area contributed by atoms with Gasteiger partial charge in [0, 0.05) is 44.6 Å². The van der Waals surface area contributed by atoms with Gasteiger partial charge in [-0.1, -0.05) is 6.58 Å². The van der Waals surface area contributed by atoms with Crippen molar-refractivity contribution >= 4 is 17.6 Å². The molecule has 1 aliphatic carbocycles. The van der Waals surface area contributed by atoms with Crippen LogP contribution in [0.2, 0.25) is 0 Å². The molecule has 2 amide bonds. The molecule has 2 heterocycles. The van der Waals surface area contributed by atoms with Gasteiger partial charge in [-0.05, 0) is 25.3 Å². The predicted molar refractivity (Wildman–Crippen MR) is 86.1 cm³/mol. The minimum atomic E-state index is -0.164. The zero-order valence-corrected chi connectivity index (χ0v) is 13.1. The molecular weight excluding hydrogens is 294 g/mol. The van der Waals surface area contributed by atoms with E-state index >= 15 is 0 Å². The van der Waals surface area contributed by atoms with Crippen molar-refractivity contribution in [2.24, 2.45) is 0 Å². The number of amides is 2. The zero-order chi connectivity index (χ0) is 16.2. The van der Waals surface area contributed by atoms with Crippen LogP contribution in [0.25, 0.3) is 0 Å². The van der Waals surface area contributed by atoms with Crippen LogP contribution < -0.4 is 10.2 Å². The Morgan fingerprint density at radius 1 is 1.17 bits per heavy atom. The quantitative estimate of drug-likeness (QED) is 0.823. The highest BCUT2D eigenvalue weighted by molar-refractivity contribution is 5.97. The van der Waals surface area contributed by atoms with Crippen molar-refractivity contribution in [3.63, 3.8) is 0 Å². The largest absolute Gasteiger partial charge is 0.351 e. The highest BCUT2D eigenvalue weighted by Crippen LogP contribution is 2.21. The smallest absolute Gasteiger partial charge is 0.273 e. The van der Waals surface area contributed by atoms with Crippen LogP contribution in [0.5, 0.6) is 0 Å². The van der Waals surface area contributed by atoms with Crippen molar-refractivity contribution in [2.75, 3.05) is 31.1 Å². The van der Waals surface area contributed by atoms with E-state index < -0.39 is 0 Å². The number of anilines is 1. The van der Waals surface area contributed by atoms with Gasteiger partial charge in [0.05, 0.1) is 0 Å². The molecule has 2 fully saturated rings. The number of hydrogen-bond acceptors (Lipinski definition) is 5. The average molecular weight is 315 g/mol. The Kier molecular flexibility index (Phi) is 4.55. The Hall–Kier alpha value is -2.44. The summed E-state index contributed by atoms with van der Waals surface area (Å²) in [4.78, 5) is 36.4. The Morgan fingerprint density at radius 2 is 1.87 bits per heavy atom. The van der Waals surface area contributed by atoms with Gasteiger partial charge in [-0.2, -0.15) is 0 Å². The number of carbonyl (C=O) groups excluding carboxylic acids is 2. The van der Waals surface area contributed by atoms with Crippen LogP contribution in [0.1, 0.15) is 29.8 Å². The molecule has 1 aromatic heterocycles. The number of nitrogens with zero attached hydrogens (tertiary/aromatic N) is 4. The first-order valence-electron chi connectivity index (χ1n) is 7.97. The second-order valence-corrected chi connectivity index (χ2v) is 5.85. The van der Waals surface area contributed by atoms with Crippen molar-refractivity contribution in [3.05, 3.63) is 30.7 Å². The van der Waals surface area contributed by atoms with Crippen molar-refractivity contribution in [1.82, 2.24) is 20.2 Å². The maximum Gasteiger partial charge on any atom is 0.273 e. The number of rotatable bonds is 4. The topological polar surface area (TPSA) is 78.4 Å². The van der Waals surface area contributed by atoms with Gasteiger partial charge < -0.3 is 15.1 Å². The molecule has 3 rings (SSSR count). The summed E-state index contributed by atoms with van der Waals surface area (Å²) in [5.74, 6) is 0.365. The van der Waals surface area contributed by atoms with E-state index in [1.165, 1.54) is 12.3 Å². The molecule has 0 spiro atoms. The van der Waals surface area contributed by atoms with Gasteiger partial charge in [0.15, 0.2) is 11.5 Å². The second kappa shape index (κ2) is 6.76. The second-order valence-electron chi connectivity index (χ2n) is 5.85. The molecule has 7 nitrogen and oxygen atoms in total. The van der Waals surface area contributed by atoms with Crippen LogP contribution in [-0.4, -0.2) is 58.9 Å². The van der Waals surface area contributed by atoms with Gasteiger partial charge in [-0.15, -0.1) is 0 Å². The summed E-state index contributed by atoms with van der Waals surface area (Å²) in [5.41, 5.74) is 0.364. The minimum absolute atomic E-state index is 0.0632. The summed E-state index contributed by atoms with van der Waals surface area (Å²) in [6.45, 7) is 5.94. The van der Waals surface area contributed by atoms with Gasteiger partial charge in [0.2, 0.25) is 5.91 Å². The summed E-state index contributed by atoms with van der Waals surface area (Å²) in [6, 6.07) is 0.263. The normalized spacial score (nSPS) is 18.3. The fourth-order valence-corrected chi connectivity index (χ4v) is 2.80. The van der Waals surface area contributed by atoms with Gasteiger partial charge in [0.1, 0.15) is 0 Å². The summed E-state index contributed by atoms with van der Waals surface area (Å²) in [7, 11) is 0. The Balaban J connectivity index is 1.69. The Morgan fingerprint density at radius 3 is 2.48 bits per heavy atom. The molecule has 0 radical (unpaired) electrons. The third-order valence-electron chi connectivity index (χ3n) is 4.40. The average Bonchev–Trinajstić information content (AvgIpc) is 2.57. The summed E-state index contributed by atoms with van der Waals surface area (Å²) < 4.78 is 0. The minimum Gasteiger partial charge on any atom is -0.351 e. The molecule has 0 unspecified atom stereocenters. The molecular formula is C16H21N5O2. The monoisotopic (exact) mass is 315 g/mol. The molecule has 0 bridgehead atoms. The van der Waals surface area contributed by atoms with Crippen molar-refractivity contribution in [2.45, 2.75) is 25.3 Å². The number of piperazine rings is 1. The van der Waals surface area contributed by atoms with Crippen LogP contribution in [0, 0.1) is 0 Å². The molecule has 1 N–H and O–H groups in total. The highest BCUT2D eigenvalue weighted by atomic mass is 16.2. The fraction of sp³-hybridized carbons (Fsp3) is 0.500. The van der Waals surface area contributed by atoms with Gasteiger partial charge >= 0.3 is 0 Å². The number of aromatic nitrogens is 2. The van der Waals surface area contributed by atoms with Crippen molar-refractivity contribution < 1.29 is 9.59 Å². The number of carbonyl (C=O) groups is 2. The lowest BCUT2D eigenvalue weighted by atomic mass is 9.93. The first-order chi connectivity index (χ1) is 11.2. The molecule has 1 aromatic rings. The molecule has 7 heteroatoms.